The molecule has 0 aliphatic rings. The molecule has 28 heavy (non-hydrogen) atoms. The molecule has 0 bridgehead atoms. The van der Waals surface area contributed by atoms with Crippen molar-refractivity contribution in [3.63, 3.8) is 0 Å². The summed E-state index contributed by atoms with van der Waals surface area (Å²) >= 11 is 5.23. The number of ether oxygens (including phenoxy) is 1. The van der Waals surface area contributed by atoms with Gasteiger partial charge < -0.3 is 14.5 Å². The summed E-state index contributed by atoms with van der Waals surface area (Å²) in [5.41, 5.74) is 1.28. The highest BCUT2D eigenvalue weighted by molar-refractivity contribution is 7.80. The van der Waals surface area contributed by atoms with E-state index in [1.807, 2.05) is 48.5 Å². The summed E-state index contributed by atoms with van der Waals surface area (Å²) in [5.74, 6) is 1.10. The van der Waals surface area contributed by atoms with Crippen LogP contribution in [0.3, 0.4) is 0 Å². The van der Waals surface area contributed by atoms with Crippen molar-refractivity contribution in [2.75, 3.05) is 5.32 Å². The zero-order valence-corrected chi connectivity index (χ0v) is 15.4. The number of rotatable bonds is 4. The monoisotopic (exact) mass is 389 g/mol. The third kappa shape index (κ3) is 4.16. The zero-order chi connectivity index (χ0) is 19.3. The van der Waals surface area contributed by atoms with Crippen LogP contribution in [0.15, 0.2) is 83.5 Å². The second-order valence-electron chi connectivity index (χ2n) is 5.88. The number of thiocarbonyl (C=S) groups is 1. The summed E-state index contributed by atoms with van der Waals surface area (Å²) in [6.45, 7) is 0. The lowest BCUT2D eigenvalue weighted by atomic mass is 10.3. The predicted molar refractivity (Wildman–Crippen MR) is 111 cm³/mol. The van der Waals surface area contributed by atoms with Gasteiger partial charge in [0.25, 0.3) is 5.91 Å². The fourth-order valence-electron chi connectivity index (χ4n) is 2.59. The number of furan rings is 1. The van der Waals surface area contributed by atoms with Crippen LogP contribution in [0.5, 0.6) is 11.5 Å². The van der Waals surface area contributed by atoms with E-state index in [2.05, 4.69) is 15.6 Å². The van der Waals surface area contributed by atoms with Gasteiger partial charge >= 0.3 is 0 Å². The molecule has 2 N–H and O–H groups in total. The van der Waals surface area contributed by atoms with Gasteiger partial charge in [-0.2, -0.15) is 0 Å². The molecular formula is C21H15N3O3S. The Balaban J connectivity index is 1.40. The average molecular weight is 389 g/mol. The normalized spacial score (nSPS) is 10.4. The molecule has 0 radical (unpaired) electrons. The first-order valence-corrected chi connectivity index (χ1v) is 8.87. The Morgan fingerprint density at radius 1 is 1.00 bits per heavy atom. The first kappa shape index (κ1) is 17.7. The van der Waals surface area contributed by atoms with Crippen molar-refractivity contribution < 1.29 is 13.9 Å². The lowest BCUT2D eigenvalue weighted by Gasteiger charge is -2.10. The van der Waals surface area contributed by atoms with E-state index in [0.29, 0.717) is 17.0 Å². The molecule has 0 spiro atoms. The molecule has 0 saturated carbocycles. The van der Waals surface area contributed by atoms with Crippen molar-refractivity contribution in [2.24, 2.45) is 0 Å². The first-order chi connectivity index (χ1) is 13.7. The van der Waals surface area contributed by atoms with Gasteiger partial charge in [-0.1, -0.05) is 24.3 Å². The molecule has 4 aromatic rings. The number of anilines is 1. The zero-order valence-electron chi connectivity index (χ0n) is 14.6. The fourth-order valence-corrected chi connectivity index (χ4v) is 2.80. The van der Waals surface area contributed by atoms with Gasteiger partial charge in [0.05, 0.1) is 0 Å². The summed E-state index contributed by atoms with van der Waals surface area (Å²) in [7, 11) is 0. The van der Waals surface area contributed by atoms with Crippen LogP contribution in [0.25, 0.3) is 11.0 Å². The van der Waals surface area contributed by atoms with Crippen molar-refractivity contribution in [3.8, 4) is 11.5 Å². The molecule has 0 saturated heterocycles. The van der Waals surface area contributed by atoms with Gasteiger partial charge in [-0.05, 0) is 48.6 Å². The number of hydrogen-bond acceptors (Lipinski definition) is 5. The lowest BCUT2D eigenvalue weighted by Crippen LogP contribution is -2.33. The Hall–Kier alpha value is -3.71. The fraction of sp³-hybridized carbons (Fsp3) is 0. The van der Waals surface area contributed by atoms with Gasteiger partial charge in [-0.25, -0.2) is 0 Å². The summed E-state index contributed by atoms with van der Waals surface area (Å²) in [4.78, 5) is 16.3. The van der Waals surface area contributed by atoms with Crippen LogP contribution in [0, 0.1) is 0 Å². The molecule has 0 atom stereocenters. The van der Waals surface area contributed by atoms with Crippen LogP contribution < -0.4 is 15.4 Å². The Kier molecular flexibility index (Phi) is 4.99. The Morgan fingerprint density at radius 2 is 1.82 bits per heavy atom. The molecule has 7 heteroatoms. The first-order valence-electron chi connectivity index (χ1n) is 8.46. The highest BCUT2D eigenvalue weighted by atomic mass is 32.1. The minimum Gasteiger partial charge on any atom is -0.457 e. The van der Waals surface area contributed by atoms with Crippen molar-refractivity contribution in [1.29, 1.82) is 0 Å². The van der Waals surface area contributed by atoms with Gasteiger partial charge in [-0.3, -0.25) is 15.1 Å². The van der Waals surface area contributed by atoms with E-state index in [-0.39, 0.29) is 10.9 Å². The number of nitrogens with one attached hydrogen (secondary N) is 2. The van der Waals surface area contributed by atoms with Gasteiger partial charge in [0, 0.05) is 29.5 Å². The SMILES string of the molecule is O=C(NC(=S)Nc1cccc(Oc2ccccc2)c1)c1cc2cnccc2o1. The molecule has 6 nitrogen and oxygen atoms in total. The standard InChI is InChI=1S/C21H15N3O3S/c25-20(19-11-14-13-22-10-9-18(14)27-19)24-21(28)23-15-5-4-8-17(12-15)26-16-6-2-1-3-7-16/h1-13H,(H2,23,24,25,28). The summed E-state index contributed by atoms with van der Waals surface area (Å²) < 4.78 is 11.3. The highest BCUT2D eigenvalue weighted by Gasteiger charge is 2.14. The Bertz CT molecular complexity index is 1110. The average Bonchev–Trinajstić information content (AvgIpc) is 3.13. The molecular weight excluding hydrogens is 374 g/mol. The molecule has 0 fully saturated rings. The van der Waals surface area contributed by atoms with Crippen LogP contribution in [0.2, 0.25) is 0 Å². The number of hydrogen-bond donors (Lipinski definition) is 2. The van der Waals surface area contributed by atoms with Crippen LogP contribution in [-0.4, -0.2) is 16.0 Å². The smallest absolute Gasteiger partial charge is 0.293 e. The maximum Gasteiger partial charge on any atom is 0.293 e. The van der Waals surface area contributed by atoms with E-state index in [1.54, 1.807) is 30.6 Å². The molecule has 2 aromatic carbocycles. The molecule has 1 amide bonds. The second kappa shape index (κ2) is 7.89. The molecule has 0 aliphatic heterocycles. The summed E-state index contributed by atoms with van der Waals surface area (Å²) in [6.07, 6.45) is 3.23. The van der Waals surface area contributed by atoms with E-state index in [0.717, 1.165) is 11.1 Å². The number of carbonyl (C=O) groups excluding carboxylic acids is 1. The van der Waals surface area contributed by atoms with Gasteiger partial charge in [0.2, 0.25) is 0 Å². The number of benzene rings is 2. The predicted octanol–water partition coefficient (Wildman–Crippen LogP) is 4.75. The molecule has 0 aliphatic carbocycles. The number of para-hydroxylation sites is 1. The van der Waals surface area contributed by atoms with Gasteiger partial charge in [-0.15, -0.1) is 0 Å². The van der Waals surface area contributed by atoms with E-state index in [1.165, 1.54) is 0 Å². The van der Waals surface area contributed by atoms with Crippen molar-refractivity contribution in [1.82, 2.24) is 10.3 Å². The third-order valence-electron chi connectivity index (χ3n) is 3.84. The lowest BCUT2D eigenvalue weighted by molar-refractivity contribution is 0.0953. The number of nitrogens with zero attached hydrogens (tertiary/aromatic N) is 1. The van der Waals surface area contributed by atoms with Crippen molar-refractivity contribution in [2.45, 2.75) is 0 Å². The third-order valence-corrected chi connectivity index (χ3v) is 4.04. The minimum atomic E-state index is -0.439. The second-order valence-corrected chi connectivity index (χ2v) is 6.28. The van der Waals surface area contributed by atoms with Crippen molar-refractivity contribution in [3.05, 3.63) is 84.9 Å². The summed E-state index contributed by atoms with van der Waals surface area (Å²) in [5, 5.41) is 6.47. The Labute approximate surface area is 166 Å². The van der Waals surface area contributed by atoms with Crippen LogP contribution >= 0.6 is 12.2 Å². The summed E-state index contributed by atoms with van der Waals surface area (Å²) in [6, 6.07) is 20.1. The quantitative estimate of drug-likeness (QED) is 0.491. The van der Waals surface area contributed by atoms with Crippen LogP contribution in [-0.2, 0) is 0 Å². The van der Waals surface area contributed by atoms with Gasteiger partial charge in [0.1, 0.15) is 17.1 Å². The Morgan fingerprint density at radius 3 is 2.64 bits per heavy atom. The number of carbonyl (C=O) groups is 1. The highest BCUT2D eigenvalue weighted by Crippen LogP contribution is 2.24. The number of pyridine rings is 1. The minimum absolute atomic E-state index is 0.153. The number of aromatic nitrogens is 1. The van der Waals surface area contributed by atoms with E-state index < -0.39 is 5.91 Å². The van der Waals surface area contributed by atoms with E-state index >= 15 is 0 Å². The van der Waals surface area contributed by atoms with Crippen LogP contribution in [0.1, 0.15) is 10.6 Å². The number of amides is 1. The molecule has 2 aromatic heterocycles. The molecule has 4 rings (SSSR count). The largest absolute Gasteiger partial charge is 0.457 e. The maximum absolute atomic E-state index is 12.3. The topological polar surface area (TPSA) is 76.4 Å². The molecule has 0 unspecified atom stereocenters. The van der Waals surface area contributed by atoms with E-state index in [9.17, 15) is 4.79 Å². The molecule has 2 heterocycles. The van der Waals surface area contributed by atoms with Crippen molar-refractivity contribution >= 4 is 39.9 Å². The molecule has 138 valence electrons. The maximum atomic E-state index is 12.3. The van der Waals surface area contributed by atoms with Crippen LogP contribution in [0.4, 0.5) is 5.69 Å². The van der Waals surface area contributed by atoms with E-state index in [4.69, 9.17) is 21.4 Å². The van der Waals surface area contributed by atoms with Gasteiger partial charge in [0.15, 0.2) is 10.9 Å². The number of fused-ring (bicyclic) bond motifs is 1.